The lowest BCUT2D eigenvalue weighted by Crippen LogP contribution is -2.24. The first-order chi connectivity index (χ1) is 13.7. The van der Waals surface area contributed by atoms with Crippen molar-refractivity contribution < 1.29 is 18.7 Å². The van der Waals surface area contributed by atoms with Crippen molar-refractivity contribution in [2.75, 3.05) is 13.7 Å². The average Bonchev–Trinajstić information content (AvgIpc) is 2.73. The standard InChI is InChI=1S/C23H22FNO3/c1-27-20-12-8-18(9-13-20)16-25-23(26)28-15-14-17-6-10-19(11-7-17)21-4-2-3-5-22(21)24/h2-13H,14-16H2,1H3,(H,25,26). The Labute approximate surface area is 163 Å². The lowest BCUT2D eigenvalue weighted by molar-refractivity contribution is 0.147. The van der Waals surface area contributed by atoms with Crippen molar-refractivity contribution in [3.05, 3.63) is 89.7 Å². The summed E-state index contributed by atoms with van der Waals surface area (Å²) in [6.45, 7) is 0.660. The highest BCUT2D eigenvalue weighted by Crippen LogP contribution is 2.22. The smallest absolute Gasteiger partial charge is 0.407 e. The lowest BCUT2D eigenvalue weighted by Gasteiger charge is -2.08. The number of nitrogens with one attached hydrogen (secondary N) is 1. The molecule has 3 rings (SSSR count). The van der Waals surface area contributed by atoms with E-state index in [1.165, 1.54) is 6.07 Å². The molecule has 3 aromatic rings. The summed E-state index contributed by atoms with van der Waals surface area (Å²) in [6, 6.07) is 21.7. The molecule has 0 aliphatic rings. The van der Waals surface area contributed by atoms with E-state index in [1.54, 1.807) is 19.2 Å². The third-order valence-electron chi connectivity index (χ3n) is 4.36. The van der Waals surface area contributed by atoms with Crippen LogP contribution in [-0.2, 0) is 17.7 Å². The topological polar surface area (TPSA) is 47.6 Å². The van der Waals surface area contributed by atoms with E-state index in [0.29, 0.717) is 18.5 Å². The van der Waals surface area contributed by atoms with Crippen molar-refractivity contribution >= 4 is 6.09 Å². The fourth-order valence-corrected chi connectivity index (χ4v) is 2.78. The van der Waals surface area contributed by atoms with E-state index in [0.717, 1.165) is 22.4 Å². The number of carbonyl (C=O) groups is 1. The van der Waals surface area contributed by atoms with Crippen LogP contribution in [0.4, 0.5) is 9.18 Å². The fraction of sp³-hybridized carbons (Fsp3) is 0.174. The van der Waals surface area contributed by atoms with Gasteiger partial charge < -0.3 is 14.8 Å². The Morgan fingerprint density at radius 3 is 2.29 bits per heavy atom. The van der Waals surface area contributed by atoms with Gasteiger partial charge in [0.1, 0.15) is 11.6 Å². The molecule has 0 saturated heterocycles. The first-order valence-corrected chi connectivity index (χ1v) is 9.03. The summed E-state index contributed by atoms with van der Waals surface area (Å²) in [6.07, 6.45) is 0.131. The molecule has 0 spiro atoms. The van der Waals surface area contributed by atoms with Crippen LogP contribution < -0.4 is 10.1 Å². The molecule has 3 aromatic carbocycles. The second kappa shape index (κ2) is 9.55. The highest BCUT2D eigenvalue weighted by molar-refractivity contribution is 5.67. The highest BCUT2D eigenvalue weighted by Gasteiger charge is 2.05. The summed E-state index contributed by atoms with van der Waals surface area (Å²) < 4.78 is 24.1. The van der Waals surface area contributed by atoms with Crippen LogP contribution in [0.5, 0.6) is 5.75 Å². The minimum absolute atomic E-state index is 0.243. The third-order valence-corrected chi connectivity index (χ3v) is 4.36. The van der Waals surface area contributed by atoms with Gasteiger partial charge in [-0.15, -0.1) is 0 Å². The number of benzene rings is 3. The number of alkyl carbamates (subject to hydrolysis) is 1. The Kier molecular flexibility index (Phi) is 6.63. The van der Waals surface area contributed by atoms with Crippen LogP contribution in [0, 0.1) is 5.82 Å². The Hall–Kier alpha value is -3.34. The maximum atomic E-state index is 13.8. The van der Waals surface area contributed by atoms with Gasteiger partial charge in [-0.1, -0.05) is 54.6 Å². The molecule has 4 nitrogen and oxygen atoms in total. The van der Waals surface area contributed by atoms with Crippen molar-refractivity contribution in [2.45, 2.75) is 13.0 Å². The van der Waals surface area contributed by atoms with Crippen LogP contribution in [0.2, 0.25) is 0 Å². The summed E-state index contributed by atoms with van der Waals surface area (Å²) in [5, 5.41) is 2.72. The fourth-order valence-electron chi connectivity index (χ4n) is 2.78. The molecule has 0 aromatic heterocycles. The van der Waals surface area contributed by atoms with E-state index in [1.807, 2.05) is 54.6 Å². The van der Waals surface area contributed by atoms with Crippen molar-refractivity contribution in [1.82, 2.24) is 5.32 Å². The van der Waals surface area contributed by atoms with Gasteiger partial charge in [-0.2, -0.15) is 0 Å². The van der Waals surface area contributed by atoms with Crippen molar-refractivity contribution in [1.29, 1.82) is 0 Å². The predicted octanol–water partition coefficient (Wildman–Crippen LogP) is 4.97. The van der Waals surface area contributed by atoms with Gasteiger partial charge in [-0.05, 0) is 34.9 Å². The number of ether oxygens (including phenoxy) is 2. The lowest BCUT2D eigenvalue weighted by atomic mass is 10.0. The molecule has 5 heteroatoms. The van der Waals surface area contributed by atoms with Crippen LogP contribution in [0.15, 0.2) is 72.8 Å². The number of methoxy groups -OCH3 is 1. The number of rotatable bonds is 7. The van der Waals surface area contributed by atoms with Gasteiger partial charge in [0, 0.05) is 18.5 Å². The van der Waals surface area contributed by atoms with E-state index < -0.39 is 6.09 Å². The van der Waals surface area contributed by atoms with E-state index >= 15 is 0 Å². The van der Waals surface area contributed by atoms with E-state index in [2.05, 4.69) is 5.32 Å². The average molecular weight is 379 g/mol. The normalized spacial score (nSPS) is 10.4. The Bertz CT molecular complexity index is 908. The van der Waals surface area contributed by atoms with Crippen molar-refractivity contribution in [2.24, 2.45) is 0 Å². The minimum Gasteiger partial charge on any atom is -0.497 e. The molecule has 0 fully saturated rings. The summed E-state index contributed by atoms with van der Waals surface area (Å²) in [7, 11) is 1.61. The molecule has 144 valence electrons. The van der Waals surface area contributed by atoms with Gasteiger partial charge in [-0.25, -0.2) is 9.18 Å². The molecule has 28 heavy (non-hydrogen) atoms. The number of amides is 1. The second-order valence-electron chi connectivity index (χ2n) is 6.26. The molecule has 0 radical (unpaired) electrons. The second-order valence-corrected chi connectivity index (χ2v) is 6.26. The predicted molar refractivity (Wildman–Crippen MR) is 107 cm³/mol. The molecule has 1 N–H and O–H groups in total. The first kappa shape index (κ1) is 19.4. The summed E-state index contributed by atoms with van der Waals surface area (Å²) in [5.74, 6) is 0.527. The van der Waals surface area contributed by atoms with Crippen LogP contribution in [0.1, 0.15) is 11.1 Å². The maximum Gasteiger partial charge on any atom is 0.407 e. The zero-order chi connectivity index (χ0) is 19.8. The molecule has 1 amide bonds. The molecule has 0 unspecified atom stereocenters. The van der Waals surface area contributed by atoms with Crippen LogP contribution in [0.25, 0.3) is 11.1 Å². The molecule has 0 aliphatic carbocycles. The number of hydrogen-bond acceptors (Lipinski definition) is 3. The Morgan fingerprint density at radius 2 is 1.61 bits per heavy atom. The minimum atomic E-state index is -0.459. The van der Waals surface area contributed by atoms with Gasteiger partial charge in [-0.3, -0.25) is 0 Å². The van der Waals surface area contributed by atoms with Gasteiger partial charge >= 0.3 is 6.09 Å². The summed E-state index contributed by atoms with van der Waals surface area (Å²) in [5.41, 5.74) is 3.37. The van der Waals surface area contributed by atoms with Gasteiger partial charge in [0.15, 0.2) is 0 Å². The molecular formula is C23H22FNO3. The summed E-state index contributed by atoms with van der Waals surface area (Å²) >= 11 is 0. The quantitative estimate of drug-likeness (QED) is 0.630. The number of halogens is 1. The molecule has 0 aliphatic heterocycles. The zero-order valence-corrected chi connectivity index (χ0v) is 15.7. The molecule has 0 atom stereocenters. The first-order valence-electron chi connectivity index (χ1n) is 9.03. The zero-order valence-electron chi connectivity index (χ0n) is 15.7. The van der Waals surface area contributed by atoms with Gasteiger partial charge in [0.05, 0.1) is 13.7 Å². The third kappa shape index (κ3) is 5.33. The molecular weight excluding hydrogens is 357 g/mol. The van der Waals surface area contributed by atoms with Crippen LogP contribution in [0.3, 0.4) is 0 Å². The molecule has 0 saturated carbocycles. The van der Waals surface area contributed by atoms with E-state index in [9.17, 15) is 9.18 Å². The summed E-state index contributed by atoms with van der Waals surface area (Å²) in [4.78, 5) is 11.8. The number of carbonyl (C=O) groups excluding carboxylic acids is 1. The van der Waals surface area contributed by atoms with Gasteiger partial charge in [0.25, 0.3) is 0 Å². The van der Waals surface area contributed by atoms with E-state index in [4.69, 9.17) is 9.47 Å². The molecule has 0 heterocycles. The van der Waals surface area contributed by atoms with Crippen LogP contribution >= 0.6 is 0 Å². The monoisotopic (exact) mass is 379 g/mol. The maximum absolute atomic E-state index is 13.8. The van der Waals surface area contributed by atoms with E-state index in [-0.39, 0.29) is 12.4 Å². The highest BCUT2D eigenvalue weighted by atomic mass is 19.1. The molecule has 0 bridgehead atoms. The van der Waals surface area contributed by atoms with Crippen molar-refractivity contribution in [3.8, 4) is 16.9 Å². The van der Waals surface area contributed by atoms with Crippen molar-refractivity contribution in [3.63, 3.8) is 0 Å². The SMILES string of the molecule is COc1ccc(CNC(=O)OCCc2ccc(-c3ccccc3F)cc2)cc1. The number of hydrogen-bond donors (Lipinski definition) is 1. The van der Waals surface area contributed by atoms with Crippen LogP contribution in [-0.4, -0.2) is 19.8 Å². The Balaban J connectivity index is 1.43. The largest absolute Gasteiger partial charge is 0.497 e. The Morgan fingerprint density at radius 1 is 0.929 bits per heavy atom. The van der Waals surface area contributed by atoms with Gasteiger partial charge in [0.2, 0.25) is 0 Å².